The Morgan fingerprint density at radius 3 is 2.66 bits per heavy atom. The van der Waals surface area contributed by atoms with Gasteiger partial charge in [0.2, 0.25) is 0 Å². The third-order valence-electron chi connectivity index (χ3n) is 5.10. The highest BCUT2D eigenvalue weighted by Gasteiger charge is 2.20. The lowest BCUT2D eigenvalue weighted by molar-refractivity contribution is 0.198. The van der Waals surface area contributed by atoms with Gasteiger partial charge in [0.05, 0.1) is 18.2 Å². The van der Waals surface area contributed by atoms with Gasteiger partial charge >= 0.3 is 0 Å². The molecule has 0 spiro atoms. The van der Waals surface area contributed by atoms with Crippen LogP contribution in [0.1, 0.15) is 36.5 Å². The molecule has 1 heterocycles. The van der Waals surface area contributed by atoms with Crippen LogP contribution in [0.4, 0.5) is 4.39 Å². The van der Waals surface area contributed by atoms with Gasteiger partial charge in [0.15, 0.2) is 5.96 Å². The van der Waals surface area contributed by atoms with E-state index in [-0.39, 0.29) is 12.4 Å². The summed E-state index contributed by atoms with van der Waals surface area (Å²) in [4.78, 5) is 7.00. The summed E-state index contributed by atoms with van der Waals surface area (Å²) in [6, 6.07) is 17.3. The predicted octanol–water partition coefficient (Wildman–Crippen LogP) is 3.42. The molecule has 1 fully saturated rings. The molecule has 1 aliphatic heterocycles. The van der Waals surface area contributed by atoms with Crippen molar-refractivity contribution < 1.29 is 4.39 Å². The van der Waals surface area contributed by atoms with Crippen molar-refractivity contribution in [2.45, 2.75) is 38.9 Å². The molecule has 0 radical (unpaired) electrons. The standard InChI is InChI=1S/C23H28FN5/c1-2-26-23(27-16-20-14-19(15-25)8-9-22(20)24)28-21-10-12-29(13-11-21)17-18-6-4-3-5-7-18/h3-9,14,21H,2,10-13,16-17H2,1H3,(H2,26,27,28). The van der Waals surface area contributed by atoms with Crippen LogP contribution in [0.2, 0.25) is 0 Å². The molecular formula is C23H28FN5. The van der Waals surface area contributed by atoms with Crippen LogP contribution in [0.3, 0.4) is 0 Å². The first-order valence-electron chi connectivity index (χ1n) is 10.2. The van der Waals surface area contributed by atoms with Gasteiger partial charge in [-0.05, 0) is 43.5 Å². The molecule has 2 aromatic carbocycles. The van der Waals surface area contributed by atoms with Gasteiger partial charge in [0.25, 0.3) is 0 Å². The number of nitrogens with zero attached hydrogens (tertiary/aromatic N) is 3. The summed E-state index contributed by atoms with van der Waals surface area (Å²) in [7, 11) is 0. The van der Waals surface area contributed by atoms with E-state index >= 15 is 0 Å². The molecule has 0 unspecified atom stereocenters. The number of piperidine rings is 1. The van der Waals surface area contributed by atoms with Gasteiger partial charge in [-0.2, -0.15) is 5.26 Å². The van der Waals surface area contributed by atoms with E-state index in [4.69, 9.17) is 5.26 Å². The first kappa shape index (κ1) is 20.8. The van der Waals surface area contributed by atoms with Gasteiger partial charge in [-0.25, -0.2) is 9.38 Å². The molecule has 5 nitrogen and oxygen atoms in total. The first-order chi connectivity index (χ1) is 14.2. The molecule has 0 aromatic heterocycles. The van der Waals surface area contributed by atoms with Crippen LogP contribution < -0.4 is 10.6 Å². The first-order valence-corrected chi connectivity index (χ1v) is 10.2. The van der Waals surface area contributed by atoms with Crippen molar-refractivity contribution in [2.24, 2.45) is 4.99 Å². The predicted molar refractivity (Wildman–Crippen MR) is 114 cm³/mol. The maximum atomic E-state index is 14.0. The van der Waals surface area contributed by atoms with E-state index in [0.29, 0.717) is 23.1 Å². The van der Waals surface area contributed by atoms with Crippen molar-refractivity contribution in [3.63, 3.8) is 0 Å². The van der Waals surface area contributed by atoms with Gasteiger partial charge in [0, 0.05) is 37.8 Å². The zero-order valence-electron chi connectivity index (χ0n) is 16.9. The lowest BCUT2D eigenvalue weighted by Crippen LogP contribution is -2.48. The number of benzene rings is 2. The fraction of sp³-hybridized carbons (Fsp3) is 0.391. The summed E-state index contributed by atoms with van der Waals surface area (Å²) in [5.74, 6) is 0.355. The molecule has 1 aliphatic rings. The Morgan fingerprint density at radius 1 is 1.21 bits per heavy atom. The van der Waals surface area contributed by atoms with Crippen molar-refractivity contribution in [2.75, 3.05) is 19.6 Å². The van der Waals surface area contributed by atoms with Crippen LogP contribution in [-0.4, -0.2) is 36.5 Å². The third-order valence-corrected chi connectivity index (χ3v) is 5.10. The maximum Gasteiger partial charge on any atom is 0.191 e. The highest BCUT2D eigenvalue weighted by atomic mass is 19.1. The van der Waals surface area contributed by atoms with E-state index < -0.39 is 0 Å². The second-order valence-corrected chi connectivity index (χ2v) is 7.29. The number of likely N-dealkylation sites (tertiary alicyclic amines) is 1. The second kappa shape index (κ2) is 10.6. The van der Waals surface area contributed by atoms with Crippen molar-refractivity contribution in [1.82, 2.24) is 15.5 Å². The van der Waals surface area contributed by atoms with Crippen LogP contribution in [0.25, 0.3) is 0 Å². The van der Waals surface area contributed by atoms with Crippen molar-refractivity contribution in [3.8, 4) is 6.07 Å². The summed E-state index contributed by atoms with van der Waals surface area (Å²) in [5.41, 5.74) is 2.22. The second-order valence-electron chi connectivity index (χ2n) is 7.29. The molecule has 2 N–H and O–H groups in total. The molecule has 0 atom stereocenters. The number of aliphatic imine (C=N–C) groups is 1. The SMILES string of the molecule is CCNC(=NCc1cc(C#N)ccc1F)NC1CCN(Cc2ccccc2)CC1. The van der Waals surface area contributed by atoms with Crippen molar-refractivity contribution in [1.29, 1.82) is 5.26 Å². The van der Waals surface area contributed by atoms with E-state index in [0.717, 1.165) is 39.0 Å². The number of nitriles is 1. The topological polar surface area (TPSA) is 63.5 Å². The van der Waals surface area contributed by atoms with Gasteiger partial charge in [0.1, 0.15) is 5.82 Å². The number of guanidine groups is 1. The number of halogens is 1. The molecular weight excluding hydrogens is 365 g/mol. The highest BCUT2D eigenvalue weighted by Crippen LogP contribution is 2.14. The molecule has 1 saturated heterocycles. The van der Waals surface area contributed by atoms with E-state index in [9.17, 15) is 4.39 Å². The minimum Gasteiger partial charge on any atom is -0.357 e. The van der Waals surface area contributed by atoms with E-state index in [1.807, 2.05) is 19.1 Å². The Hall–Kier alpha value is -2.91. The smallest absolute Gasteiger partial charge is 0.191 e. The van der Waals surface area contributed by atoms with Gasteiger partial charge in [-0.1, -0.05) is 30.3 Å². The lowest BCUT2D eigenvalue weighted by Gasteiger charge is -2.33. The normalized spacial score (nSPS) is 15.7. The van der Waals surface area contributed by atoms with Gasteiger partial charge in [-0.3, -0.25) is 4.90 Å². The van der Waals surface area contributed by atoms with E-state index in [1.165, 1.54) is 17.7 Å². The molecule has 3 rings (SSSR count). The molecule has 2 aromatic rings. The Balaban J connectivity index is 1.54. The minimum atomic E-state index is -0.335. The van der Waals surface area contributed by atoms with Crippen LogP contribution in [0.15, 0.2) is 53.5 Å². The number of rotatable bonds is 6. The summed E-state index contributed by atoms with van der Waals surface area (Å²) in [5, 5.41) is 15.7. The molecule has 152 valence electrons. The zero-order valence-corrected chi connectivity index (χ0v) is 16.9. The summed E-state index contributed by atoms with van der Waals surface area (Å²) >= 11 is 0. The number of hydrogen-bond donors (Lipinski definition) is 2. The van der Waals surface area contributed by atoms with Crippen LogP contribution >= 0.6 is 0 Å². The van der Waals surface area contributed by atoms with E-state index in [1.54, 1.807) is 6.07 Å². The molecule has 0 aliphatic carbocycles. The number of nitrogens with one attached hydrogen (secondary N) is 2. The molecule has 0 amide bonds. The van der Waals surface area contributed by atoms with Gasteiger partial charge < -0.3 is 10.6 Å². The van der Waals surface area contributed by atoms with E-state index in [2.05, 4.69) is 44.8 Å². The summed E-state index contributed by atoms with van der Waals surface area (Å²) < 4.78 is 14.0. The molecule has 0 bridgehead atoms. The Morgan fingerprint density at radius 2 is 1.97 bits per heavy atom. The van der Waals surface area contributed by atoms with Crippen LogP contribution in [0.5, 0.6) is 0 Å². The average Bonchev–Trinajstić information content (AvgIpc) is 2.75. The van der Waals surface area contributed by atoms with Crippen LogP contribution in [0, 0.1) is 17.1 Å². The largest absolute Gasteiger partial charge is 0.357 e. The monoisotopic (exact) mass is 393 g/mol. The van der Waals surface area contributed by atoms with Crippen molar-refractivity contribution >= 4 is 5.96 Å². The molecule has 0 saturated carbocycles. The van der Waals surface area contributed by atoms with Crippen LogP contribution in [-0.2, 0) is 13.1 Å². The summed E-state index contributed by atoms with van der Waals surface area (Å²) in [6.07, 6.45) is 2.07. The van der Waals surface area contributed by atoms with Crippen molar-refractivity contribution in [3.05, 3.63) is 71.0 Å². The fourth-order valence-electron chi connectivity index (χ4n) is 3.52. The molecule has 29 heavy (non-hydrogen) atoms. The maximum absolute atomic E-state index is 14.0. The highest BCUT2D eigenvalue weighted by molar-refractivity contribution is 5.80. The zero-order chi connectivity index (χ0) is 20.5. The Kier molecular flexibility index (Phi) is 7.60. The summed E-state index contributed by atoms with van der Waals surface area (Å²) in [6.45, 7) is 5.99. The lowest BCUT2D eigenvalue weighted by atomic mass is 10.0. The van der Waals surface area contributed by atoms with Gasteiger partial charge in [-0.15, -0.1) is 0 Å². The number of hydrogen-bond acceptors (Lipinski definition) is 3. The minimum absolute atomic E-state index is 0.198. The fourth-order valence-corrected chi connectivity index (χ4v) is 3.52. The Labute approximate surface area is 172 Å². The Bertz CT molecular complexity index is 851. The molecule has 6 heteroatoms. The average molecular weight is 394 g/mol. The third kappa shape index (κ3) is 6.30. The quantitative estimate of drug-likeness (QED) is 0.583.